The summed E-state index contributed by atoms with van der Waals surface area (Å²) in [4.78, 5) is 11.9. The predicted octanol–water partition coefficient (Wildman–Crippen LogP) is 3.29. The van der Waals surface area contributed by atoms with Crippen LogP contribution >= 0.6 is 0 Å². The first kappa shape index (κ1) is 17.6. The van der Waals surface area contributed by atoms with Crippen molar-refractivity contribution in [2.45, 2.75) is 44.5 Å². The van der Waals surface area contributed by atoms with E-state index in [0.717, 1.165) is 17.7 Å². The van der Waals surface area contributed by atoms with Crippen LogP contribution in [-0.4, -0.2) is 30.8 Å². The Balaban J connectivity index is 2.05. The number of amides is 1. The largest absolute Gasteiger partial charge is 0.444 e. The molecule has 23 heavy (non-hydrogen) atoms. The highest BCUT2D eigenvalue weighted by Crippen LogP contribution is 2.31. The number of ether oxygens (including phenoxy) is 1. The molecule has 7 heteroatoms. The molecule has 1 aromatic rings. The Hall–Kier alpha value is -1.76. The Morgan fingerprint density at radius 3 is 2.30 bits per heavy atom. The number of alkyl carbamates (subject to hydrolysis) is 1. The lowest BCUT2D eigenvalue weighted by Gasteiger charge is -2.24. The number of halogens is 3. The van der Waals surface area contributed by atoms with Crippen LogP contribution in [0.25, 0.3) is 0 Å². The third kappa shape index (κ3) is 4.86. The van der Waals surface area contributed by atoms with Crippen molar-refractivity contribution in [3.63, 3.8) is 0 Å². The standard InChI is InChI=1S/C16H21F3N2O2/c1-15(2,3)23-14(22)21-13-9-20-8-12(13)10-4-6-11(7-5-10)16(17,18)19/h4-7,12-13,20H,8-9H2,1-3H3,(H,21,22)/t12-,13+/m1/s1. The van der Waals surface area contributed by atoms with E-state index in [4.69, 9.17) is 4.74 Å². The average Bonchev–Trinajstić information content (AvgIpc) is 2.83. The van der Waals surface area contributed by atoms with Crippen LogP contribution in [0.3, 0.4) is 0 Å². The zero-order valence-corrected chi connectivity index (χ0v) is 13.3. The summed E-state index contributed by atoms with van der Waals surface area (Å²) in [7, 11) is 0. The molecule has 2 atom stereocenters. The van der Waals surface area contributed by atoms with Crippen LogP contribution in [0.4, 0.5) is 18.0 Å². The molecule has 1 amide bonds. The van der Waals surface area contributed by atoms with Gasteiger partial charge in [-0.05, 0) is 38.5 Å². The lowest BCUT2D eigenvalue weighted by Crippen LogP contribution is -2.42. The Bertz CT molecular complexity index is 550. The Kier molecular flexibility index (Phi) is 4.89. The Morgan fingerprint density at radius 1 is 1.17 bits per heavy atom. The minimum atomic E-state index is -4.35. The second-order valence-corrected chi connectivity index (χ2v) is 6.64. The van der Waals surface area contributed by atoms with Gasteiger partial charge >= 0.3 is 12.3 Å². The van der Waals surface area contributed by atoms with Gasteiger partial charge in [0, 0.05) is 19.0 Å². The fraction of sp³-hybridized carbons (Fsp3) is 0.562. The summed E-state index contributed by atoms with van der Waals surface area (Å²) in [5.74, 6) is -0.0928. The number of carbonyl (C=O) groups is 1. The van der Waals surface area contributed by atoms with E-state index in [1.165, 1.54) is 12.1 Å². The van der Waals surface area contributed by atoms with Crippen LogP contribution in [-0.2, 0) is 10.9 Å². The molecule has 1 aliphatic rings. The minimum Gasteiger partial charge on any atom is -0.444 e. The van der Waals surface area contributed by atoms with E-state index < -0.39 is 23.4 Å². The van der Waals surface area contributed by atoms with E-state index in [1.54, 1.807) is 20.8 Å². The molecule has 0 bridgehead atoms. The smallest absolute Gasteiger partial charge is 0.416 e. The summed E-state index contributed by atoms with van der Waals surface area (Å²) in [6.07, 6.45) is -4.87. The molecule has 128 valence electrons. The molecule has 0 spiro atoms. The monoisotopic (exact) mass is 330 g/mol. The second-order valence-electron chi connectivity index (χ2n) is 6.64. The summed E-state index contributed by atoms with van der Waals surface area (Å²) in [5, 5.41) is 5.92. The average molecular weight is 330 g/mol. The molecule has 1 saturated heterocycles. The molecule has 0 aliphatic carbocycles. The molecule has 0 radical (unpaired) electrons. The van der Waals surface area contributed by atoms with Crippen molar-refractivity contribution in [1.29, 1.82) is 0 Å². The van der Waals surface area contributed by atoms with Gasteiger partial charge in [-0.25, -0.2) is 4.79 Å². The molecule has 1 heterocycles. The molecule has 0 aromatic heterocycles. The highest BCUT2D eigenvalue weighted by molar-refractivity contribution is 5.68. The maximum absolute atomic E-state index is 12.6. The first-order valence-corrected chi connectivity index (χ1v) is 7.43. The van der Waals surface area contributed by atoms with Gasteiger partial charge < -0.3 is 15.4 Å². The number of alkyl halides is 3. The maximum atomic E-state index is 12.6. The van der Waals surface area contributed by atoms with Crippen LogP contribution in [0.15, 0.2) is 24.3 Å². The molecule has 0 unspecified atom stereocenters. The summed E-state index contributed by atoms with van der Waals surface area (Å²) in [6, 6.07) is 4.84. The maximum Gasteiger partial charge on any atom is 0.416 e. The molecule has 1 fully saturated rings. The van der Waals surface area contributed by atoms with Gasteiger partial charge in [0.05, 0.1) is 11.6 Å². The number of nitrogens with one attached hydrogen (secondary N) is 2. The van der Waals surface area contributed by atoms with Crippen LogP contribution < -0.4 is 10.6 Å². The lowest BCUT2D eigenvalue weighted by atomic mass is 9.93. The number of hydrogen-bond acceptors (Lipinski definition) is 3. The Morgan fingerprint density at radius 2 is 1.78 bits per heavy atom. The van der Waals surface area contributed by atoms with E-state index in [-0.39, 0.29) is 12.0 Å². The van der Waals surface area contributed by atoms with Crippen molar-refractivity contribution >= 4 is 6.09 Å². The van der Waals surface area contributed by atoms with Crippen LogP contribution in [0.1, 0.15) is 37.8 Å². The van der Waals surface area contributed by atoms with Gasteiger partial charge in [0.1, 0.15) is 5.60 Å². The number of carbonyl (C=O) groups excluding carboxylic acids is 1. The van der Waals surface area contributed by atoms with E-state index >= 15 is 0 Å². The third-order valence-corrected chi connectivity index (χ3v) is 3.58. The number of rotatable bonds is 2. The fourth-order valence-corrected chi connectivity index (χ4v) is 2.56. The van der Waals surface area contributed by atoms with E-state index in [0.29, 0.717) is 13.1 Å². The molecule has 0 saturated carbocycles. The van der Waals surface area contributed by atoms with E-state index in [1.807, 2.05) is 0 Å². The lowest BCUT2D eigenvalue weighted by molar-refractivity contribution is -0.137. The minimum absolute atomic E-state index is 0.0928. The molecular formula is C16H21F3N2O2. The van der Waals surface area contributed by atoms with Crippen LogP contribution in [0, 0.1) is 0 Å². The van der Waals surface area contributed by atoms with Crippen molar-refractivity contribution in [3.8, 4) is 0 Å². The van der Waals surface area contributed by atoms with Crippen molar-refractivity contribution in [3.05, 3.63) is 35.4 Å². The molecule has 2 N–H and O–H groups in total. The van der Waals surface area contributed by atoms with Crippen molar-refractivity contribution < 1.29 is 22.7 Å². The summed E-state index contributed by atoms with van der Waals surface area (Å²) in [5.41, 5.74) is -0.520. The van der Waals surface area contributed by atoms with Gasteiger partial charge in [-0.15, -0.1) is 0 Å². The van der Waals surface area contributed by atoms with Gasteiger partial charge in [-0.2, -0.15) is 13.2 Å². The predicted molar refractivity (Wildman–Crippen MR) is 80.2 cm³/mol. The highest BCUT2D eigenvalue weighted by atomic mass is 19.4. The normalized spacial score (nSPS) is 22.0. The van der Waals surface area contributed by atoms with Crippen molar-refractivity contribution in [2.24, 2.45) is 0 Å². The molecule has 2 rings (SSSR count). The van der Waals surface area contributed by atoms with Crippen molar-refractivity contribution in [2.75, 3.05) is 13.1 Å². The molecule has 4 nitrogen and oxygen atoms in total. The SMILES string of the molecule is CC(C)(C)OC(=O)N[C@H]1CNC[C@@H]1c1ccc(C(F)(F)F)cc1. The first-order valence-electron chi connectivity index (χ1n) is 7.43. The van der Waals surface area contributed by atoms with E-state index in [2.05, 4.69) is 10.6 Å². The van der Waals surface area contributed by atoms with Gasteiger partial charge in [0.2, 0.25) is 0 Å². The van der Waals surface area contributed by atoms with Gasteiger partial charge in [0.25, 0.3) is 0 Å². The fourth-order valence-electron chi connectivity index (χ4n) is 2.56. The molecular weight excluding hydrogens is 309 g/mol. The summed E-state index contributed by atoms with van der Waals surface area (Å²) < 4.78 is 43.1. The number of hydrogen-bond donors (Lipinski definition) is 2. The summed E-state index contributed by atoms with van der Waals surface area (Å²) in [6.45, 7) is 6.45. The highest BCUT2D eigenvalue weighted by Gasteiger charge is 2.33. The zero-order chi connectivity index (χ0) is 17.3. The second kappa shape index (κ2) is 6.39. The van der Waals surface area contributed by atoms with Gasteiger partial charge in [0.15, 0.2) is 0 Å². The quantitative estimate of drug-likeness (QED) is 0.875. The van der Waals surface area contributed by atoms with Crippen LogP contribution in [0.2, 0.25) is 0 Å². The van der Waals surface area contributed by atoms with Crippen molar-refractivity contribution in [1.82, 2.24) is 10.6 Å². The summed E-state index contributed by atoms with van der Waals surface area (Å²) >= 11 is 0. The molecule has 1 aromatic carbocycles. The molecule has 1 aliphatic heterocycles. The van der Waals surface area contributed by atoms with Gasteiger partial charge in [-0.1, -0.05) is 12.1 Å². The topological polar surface area (TPSA) is 50.4 Å². The van der Waals surface area contributed by atoms with E-state index in [9.17, 15) is 18.0 Å². The first-order chi connectivity index (χ1) is 10.6. The van der Waals surface area contributed by atoms with Gasteiger partial charge in [-0.3, -0.25) is 0 Å². The third-order valence-electron chi connectivity index (χ3n) is 3.58. The number of benzene rings is 1. The zero-order valence-electron chi connectivity index (χ0n) is 13.3. The van der Waals surface area contributed by atoms with Crippen LogP contribution in [0.5, 0.6) is 0 Å². The Labute approximate surface area is 133 Å².